The maximum atomic E-state index is 11.3. The Morgan fingerprint density at radius 2 is 2.14 bits per heavy atom. The molecule has 0 aliphatic carbocycles. The number of hydrogen-bond donors (Lipinski definition) is 0. The molecular formula is C9H7BrO3S. The summed E-state index contributed by atoms with van der Waals surface area (Å²) in [5.74, 6) is 0.273. The van der Waals surface area contributed by atoms with E-state index in [0.717, 1.165) is 5.56 Å². The van der Waals surface area contributed by atoms with Crippen molar-refractivity contribution in [3.05, 3.63) is 34.3 Å². The summed E-state index contributed by atoms with van der Waals surface area (Å²) in [6.45, 7) is 0. The highest BCUT2D eigenvalue weighted by molar-refractivity contribution is 9.10. The number of halogens is 1. The lowest BCUT2D eigenvalue weighted by atomic mass is 10.2. The summed E-state index contributed by atoms with van der Waals surface area (Å²) in [5.41, 5.74) is 0.764. The molecule has 0 saturated carbocycles. The minimum atomic E-state index is -3.47. The van der Waals surface area contributed by atoms with Gasteiger partial charge in [-0.05, 0) is 22.0 Å². The number of rotatable bonds is 0. The number of benzene rings is 1. The van der Waals surface area contributed by atoms with E-state index in [2.05, 4.69) is 15.9 Å². The second-order valence-corrected chi connectivity index (χ2v) is 5.34. The molecule has 0 bridgehead atoms. The van der Waals surface area contributed by atoms with Gasteiger partial charge in [0, 0.05) is 5.56 Å². The Hall–Kier alpha value is -0.810. The number of hydrogen-bond acceptors (Lipinski definition) is 3. The largest absolute Gasteiger partial charge is 0.380 e. The van der Waals surface area contributed by atoms with Crippen LogP contribution in [0.5, 0.6) is 5.75 Å². The van der Waals surface area contributed by atoms with Crippen LogP contribution in [-0.4, -0.2) is 14.2 Å². The Bertz CT molecular complexity index is 491. The monoisotopic (exact) mass is 274 g/mol. The first-order valence-corrected chi connectivity index (χ1v) is 6.33. The van der Waals surface area contributed by atoms with Gasteiger partial charge in [-0.2, -0.15) is 8.42 Å². The quantitative estimate of drug-likeness (QED) is 0.682. The molecule has 74 valence electrons. The lowest BCUT2D eigenvalue weighted by Crippen LogP contribution is -2.11. The molecular weight excluding hydrogens is 268 g/mol. The molecule has 0 radical (unpaired) electrons. The van der Waals surface area contributed by atoms with Crippen LogP contribution in [0.3, 0.4) is 0 Å². The molecule has 1 aliphatic heterocycles. The predicted molar refractivity (Wildman–Crippen MR) is 57.6 cm³/mol. The van der Waals surface area contributed by atoms with Crippen molar-refractivity contribution in [2.24, 2.45) is 0 Å². The second kappa shape index (κ2) is 3.40. The standard InChI is InChI=1S/C9H7BrO3S/c10-8-5-1-3-7-4-2-6-14(11,12)13-9(7)8/h1-5H,6H2. The van der Waals surface area contributed by atoms with Crippen molar-refractivity contribution in [3.8, 4) is 5.75 Å². The topological polar surface area (TPSA) is 43.4 Å². The maximum Gasteiger partial charge on any atom is 0.312 e. The summed E-state index contributed by atoms with van der Waals surface area (Å²) < 4.78 is 28.2. The van der Waals surface area contributed by atoms with E-state index in [-0.39, 0.29) is 5.75 Å². The highest BCUT2D eigenvalue weighted by atomic mass is 79.9. The zero-order valence-corrected chi connectivity index (χ0v) is 9.51. The van der Waals surface area contributed by atoms with Gasteiger partial charge in [0.15, 0.2) is 5.75 Å². The van der Waals surface area contributed by atoms with E-state index in [4.69, 9.17) is 4.18 Å². The molecule has 1 aromatic carbocycles. The zero-order valence-electron chi connectivity index (χ0n) is 7.10. The van der Waals surface area contributed by atoms with Gasteiger partial charge in [0.1, 0.15) is 5.75 Å². The Balaban J connectivity index is 2.63. The van der Waals surface area contributed by atoms with Crippen LogP contribution in [0.1, 0.15) is 5.56 Å². The second-order valence-electron chi connectivity index (χ2n) is 2.87. The molecule has 14 heavy (non-hydrogen) atoms. The summed E-state index contributed by atoms with van der Waals surface area (Å²) in [6, 6.07) is 5.37. The van der Waals surface area contributed by atoms with Crippen LogP contribution in [0.15, 0.2) is 28.7 Å². The van der Waals surface area contributed by atoms with E-state index in [9.17, 15) is 8.42 Å². The van der Waals surface area contributed by atoms with Crippen molar-refractivity contribution in [1.29, 1.82) is 0 Å². The molecule has 1 heterocycles. The average molecular weight is 275 g/mol. The van der Waals surface area contributed by atoms with Crippen molar-refractivity contribution in [2.45, 2.75) is 0 Å². The Labute approximate surface area is 90.6 Å². The SMILES string of the molecule is O=S1(=O)CC=Cc2cccc(Br)c2O1. The van der Waals surface area contributed by atoms with Gasteiger partial charge in [0.25, 0.3) is 0 Å². The third kappa shape index (κ3) is 1.83. The maximum absolute atomic E-state index is 11.3. The highest BCUT2D eigenvalue weighted by Crippen LogP contribution is 2.32. The normalized spacial score (nSPS) is 18.1. The van der Waals surface area contributed by atoms with Crippen LogP contribution in [-0.2, 0) is 10.1 Å². The summed E-state index contributed by atoms with van der Waals surface area (Å²) in [7, 11) is -3.47. The van der Waals surface area contributed by atoms with E-state index in [1.807, 2.05) is 6.07 Å². The Morgan fingerprint density at radius 1 is 1.36 bits per heavy atom. The Kier molecular flexibility index (Phi) is 2.36. The first-order valence-electron chi connectivity index (χ1n) is 3.96. The van der Waals surface area contributed by atoms with Gasteiger partial charge in [0.2, 0.25) is 0 Å². The minimum absolute atomic E-state index is 0.0892. The van der Waals surface area contributed by atoms with Crippen LogP contribution in [0, 0.1) is 0 Å². The molecule has 0 amide bonds. The van der Waals surface area contributed by atoms with Crippen molar-refractivity contribution in [3.63, 3.8) is 0 Å². The smallest absolute Gasteiger partial charge is 0.312 e. The fourth-order valence-electron chi connectivity index (χ4n) is 1.20. The molecule has 0 unspecified atom stereocenters. The summed E-state index contributed by atoms with van der Waals surface area (Å²) in [5, 5.41) is 0. The molecule has 0 aromatic heterocycles. The molecule has 3 nitrogen and oxygen atoms in total. The molecule has 0 saturated heterocycles. The lowest BCUT2D eigenvalue weighted by molar-refractivity contribution is 0.488. The molecule has 0 spiro atoms. The van der Waals surface area contributed by atoms with Crippen molar-refractivity contribution >= 4 is 32.1 Å². The molecule has 2 rings (SSSR count). The predicted octanol–water partition coefficient (Wildman–Crippen LogP) is 2.18. The summed E-state index contributed by atoms with van der Waals surface area (Å²) >= 11 is 3.25. The van der Waals surface area contributed by atoms with Crippen molar-refractivity contribution in [1.82, 2.24) is 0 Å². The third-order valence-electron chi connectivity index (χ3n) is 1.81. The molecule has 0 fully saturated rings. The van der Waals surface area contributed by atoms with Crippen LogP contribution < -0.4 is 4.18 Å². The highest BCUT2D eigenvalue weighted by Gasteiger charge is 2.18. The first kappa shape index (κ1) is 9.73. The average Bonchev–Trinajstić information content (AvgIpc) is 2.24. The van der Waals surface area contributed by atoms with Gasteiger partial charge in [0.05, 0.1) is 4.47 Å². The molecule has 1 aromatic rings. The zero-order chi connectivity index (χ0) is 10.2. The summed E-state index contributed by atoms with van der Waals surface area (Å²) in [6.07, 6.45) is 3.32. The van der Waals surface area contributed by atoms with Crippen molar-refractivity contribution in [2.75, 3.05) is 5.75 Å². The molecule has 0 atom stereocenters. The van der Waals surface area contributed by atoms with Crippen LogP contribution >= 0.6 is 15.9 Å². The first-order chi connectivity index (χ1) is 6.58. The number of para-hydroxylation sites is 1. The minimum Gasteiger partial charge on any atom is -0.380 e. The Morgan fingerprint density at radius 3 is 2.93 bits per heavy atom. The fraction of sp³-hybridized carbons (Fsp3) is 0.111. The van der Waals surface area contributed by atoms with Gasteiger partial charge in [-0.3, -0.25) is 0 Å². The van der Waals surface area contributed by atoms with E-state index in [1.54, 1.807) is 24.3 Å². The van der Waals surface area contributed by atoms with Gasteiger partial charge >= 0.3 is 10.1 Å². The van der Waals surface area contributed by atoms with Crippen LogP contribution in [0.4, 0.5) is 0 Å². The molecule has 1 aliphatic rings. The van der Waals surface area contributed by atoms with Gasteiger partial charge < -0.3 is 4.18 Å². The van der Waals surface area contributed by atoms with E-state index in [0.29, 0.717) is 10.2 Å². The molecule has 0 N–H and O–H groups in total. The fourth-order valence-corrected chi connectivity index (χ4v) is 2.61. The van der Waals surface area contributed by atoms with E-state index < -0.39 is 10.1 Å². The van der Waals surface area contributed by atoms with Gasteiger partial charge in [-0.15, -0.1) is 0 Å². The summed E-state index contributed by atoms with van der Waals surface area (Å²) in [4.78, 5) is 0. The van der Waals surface area contributed by atoms with Crippen LogP contribution in [0.25, 0.3) is 6.08 Å². The lowest BCUT2D eigenvalue weighted by Gasteiger charge is -2.07. The van der Waals surface area contributed by atoms with Crippen LogP contribution in [0.2, 0.25) is 0 Å². The molecule has 5 heteroatoms. The van der Waals surface area contributed by atoms with Gasteiger partial charge in [-0.25, -0.2) is 0 Å². The van der Waals surface area contributed by atoms with Crippen molar-refractivity contribution < 1.29 is 12.6 Å². The van der Waals surface area contributed by atoms with Gasteiger partial charge in [-0.1, -0.05) is 24.3 Å². The number of fused-ring (bicyclic) bond motifs is 1. The van der Waals surface area contributed by atoms with E-state index in [1.165, 1.54) is 0 Å². The van der Waals surface area contributed by atoms with E-state index >= 15 is 0 Å². The third-order valence-corrected chi connectivity index (χ3v) is 3.45.